The van der Waals surface area contributed by atoms with Gasteiger partial charge in [0.2, 0.25) is 0 Å². The Kier molecular flexibility index (Phi) is 5.76. The lowest BCUT2D eigenvalue weighted by molar-refractivity contribution is 0.668. The van der Waals surface area contributed by atoms with E-state index in [9.17, 15) is 0 Å². The summed E-state index contributed by atoms with van der Waals surface area (Å²) in [6.45, 7) is 4.16. The largest absolute Gasteiger partial charge is 0.316 e. The fourth-order valence-electron chi connectivity index (χ4n) is 1.62. The van der Waals surface area contributed by atoms with Gasteiger partial charge in [0, 0.05) is 28.0 Å². The molecule has 0 unspecified atom stereocenters. The Morgan fingerprint density at radius 1 is 1.32 bits per heavy atom. The summed E-state index contributed by atoms with van der Waals surface area (Å²) in [5.74, 6) is 0. The van der Waals surface area contributed by atoms with Gasteiger partial charge in [0.1, 0.15) is 10.0 Å². The molecule has 0 spiro atoms. The zero-order chi connectivity index (χ0) is 13.7. The average Bonchev–Trinajstić information content (AvgIpc) is 2.83. The highest BCUT2D eigenvalue weighted by Crippen LogP contribution is 2.32. The van der Waals surface area contributed by atoms with Gasteiger partial charge in [-0.15, -0.1) is 10.2 Å². The van der Waals surface area contributed by atoms with Crippen LogP contribution in [0, 0.1) is 0 Å². The van der Waals surface area contributed by atoms with Crippen LogP contribution in [0.3, 0.4) is 0 Å². The van der Waals surface area contributed by atoms with Gasteiger partial charge >= 0.3 is 0 Å². The van der Waals surface area contributed by atoms with E-state index >= 15 is 0 Å². The Morgan fingerprint density at radius 2 is 2.16 bits per heavy atom. The van der Waals surface area contributed by atoms with E-state index in [2.05, 4.69) is 38.4 Å². The van der Waals surface area contributed by atoms with Crippen LogP contribution >= 0.6 is 38.9 Å². The lowest BCUT2D eigenvalue weighted by Gasteiger charge is -2.00. The monoisotopic (exact) mass is 359 g/mol. The molecule has 0 saturated heterocycles. The summed E-state index contributed by atoms with van der Waals surface area (Å²) in [7, 11) is 0. The summed E-state index contributed by atoms with van der Waals surface area (Å²) in [5.41, 5.74) is 1.04. The molecular weight excluding hydrogens is 346 g/mol. The molecule has 1 aromatic heterocycles. The van der Waals surface area contributed by atoms with E-state index < -0.39 is 0 Å². The molecular formula is C13H15BrClN3S. The first-order chi connectivity index (χ1) is 9.20. The molecule has 6 heteroatoms. The van der Waals surface area contributed by atoms with Crippen LogP contribution in [0.1, 0.15) is 18.4 Å². The van der Waals surface area contributed by atoms with Crippen molar-refractivity contribution in [2.75, 3.05) is 13.1 Å². The summed E-state index contributed by atoms with van der Waals surface area (Å²) >= 11 is 11.1. The van der Waals surface area contributed by atoms with Crippen molar-refractivity contribution in [3.63, 3.8) is 0 Å². The van der Waals surface area contributed by atoms with Crippen molar-refractivity contribution in [2.45, 2.75) is 19.8 Å². The predicted octanol–water partition coefficient (Wildman–Crippen LogP) is 4.16. The molecule has 0 aliphatic rings. The Morgan fingerprint density at radius 3 is 2.89 bits per heavy atom. The molecule has 0 atom stereocenters. The van der Waals surface area contributed by atoms with E-state index in [0.717, 1.165) is 46.0 Å². The van der Waals surface area contributed by atoms with Crippen LogP contribution in [-0.4, -0.2) is 23.3 Å². The Labute approximate surface area is 130 Å². The zero-order valence-corrected chi connectivity index (χ0v) is 13.8. The number of nitrogens with zero attached hydrogens (tertiary/aromatic N) is 2. The first-order valence-corrected chi connectivity index (χ1v) is 8.18. The van der Waals surface area contributed by atoms with Crippen LogP contribution in [0.4, 0.5) is 0 Å². The summed E-state index contributed by atoms with van der Waals surface area (Å²) in [6, 6.07) is 5.71. The summed E-state index contributed by atoms with van der Waals surface area (Å²) in [5, 5.41) is 14.5. The lowest BCUT2D eigenvalue weighted by Crippen LogP contribution is -2.17. The quantitative estimate of drug-likeness (QED) is 0.786. The first-order valence-electron chi connectivity index (χ1n) is 6.19. The lowest BCUT2D eigenvalue weighted by atomic mass is 10.2. The van der Waals surface area contributed by atoms with Crippen molar-refractivity contribution in [3.8, 4) is 10.6 Å². The summed E-state index contributed by atoms with van der Waals surface area (Å²) in [6.07, 6.45) is 2.07. The van der Waals surface area contributed by atoms with Crippen molar-refractivity contribution in [1.82, 2.24) is 15.5 Å². The van der Waals surface area contributed by atoms with Crippen LogP contribution in [0.2, 0.25) is 5.02 Å². The van der Waals surface area contributed by atoms with Crippen molar-refractivity contribution >= 4 is 38.9 Å². The molecule has 0 fully saturated rings. The third-order valence-electron chi connectivity index (χ3n) is 2.57. The van der Waals surface area contributed by atoms with Gasteiger partial charge in [-0.1, -0.05) is 45.8 Å². The third-order valence-corrected chi connectivity index (χ3v) is 4.48. The molecule has 1 N–H and O–H groups in total. The van der Waals surface area contributed by atoms with E-state index in [-0.39, 0.29) is 0 Å². The standard InChI is InChI=1S/C13H15BrClN3S/c1-2-6-16-7-5-12-17-18-13(19-12)10-4-3-9(15)8-11(10)14/h3-4,8,16H,2,5-7H2,1H3. The van der Waals surface area contributed by atoms with E-state index in [1.165, 1.54) is 0 Å². The van der Waals surface area contributed by atoms with Gasteiger partial charge in [0.25, 0.3) is 0 Å². The highest BCUT2D eigenvalue weighted by Gasteiger charge is 2.10. The van der Waals surface area contributed by atoms with E-state index in [1.54, 1.807) is 11.3 Å². The summed E-state index contributed by atoms with van der Waals surface area (Å²) < 4.78 is 0.951. The normalized spacial score (nSPS) is 10.9. The highest BCUT2D eigenvalue weighted by molar-refractivity contribution is 9.10. The van der Waals surface area contributed by atoms with Crippen LogP contribution in [0.25, 0.3) is 10.6 Å². The fourth-order valence-corrected chi connectivity index (χ4v) is 3.50. The number of aromatic nitrogens is 2. The molecule has 0 amide bonds. The smallest absolute Gasteiger partial charge is 0.148 e. The van der Waals surface area contributed by atoms with Gasteiger partial charge in [-0.3, -0.25) is 0 Å². The molecule has 2 aromatic rings. The minimum atomic E-state index is 0.712. The predicted molar refractivity (Wildman–Crippen MR) is 84.9 cm³/mol. The van der Waals surface area contributed by atoms with Crippen LogP contribution < -0.4 is 5.32 Å². The second kappa shape index (κ2) is 7.33. The van der Waals surface area contributed by atoms with E-state index in [1.807, 2.05) is 18.2 Å². The van der Waals surface area contributed by atoms with Crippen LogP contribution in [-0.2, 0) is 6.42 Å². The molecule has 0 aliphatic carbocycles. The third kappa shape index (κ3) is 4.24. The molecule has 1 heterocycles. The van der Waals surface area contributed by atoms with Gasteiger partial charge in [-0.05, 0) is 31.2 Å². The second-order valence-corrected chi connectivity index (χ2v) is 6.48. The average molecular weight is 361 g/mol. The van der Waals surface area contributed by atoms with Crippen molar-refractivity contribution < 1.29 is 0 Å². The van der Waals surface area contributed by atoms with Gasteiger partial charge in [-0.25, -0.2) is 0 Å². The van der Waals surface area contributed by atoms with E-state index in [4.69, 9.17) is 11.6 Å². The van der Waals surface area contributed by atoms with Gasteiger partial charge < -0.3 is 5.32 Å². The van der Waals surface area contributed by atoms with E-state index in [0.29, 0.717) is 5.02 Å². The minimum Gasteiger partial charge on any atom is -0.316 e. The van der Waals surface area contributed by atoms with Crippen LogP contribution in [0.5, 0.6) is 0 Å². The molecule has 3 nitrogen and oxygen atoms in total. The number of benzene rings is 1. The number of hydrogen-bond donors (Lipinski definition) is 1. The number of rotatable bonds is 6. The minimum absolute atomic E-state index is 0.712. The van der Waals surface area contributed by atoms with Crippen LogP contribution in [0.15, 0.2) is 22.7 Å². The number of halogens is 2. The number of hydrogen-bond acceptors (Lipinski definition) is 4. The fraction of sp³-hybridized carbons (Fsp3) is 0.385. The molecule has 102 valence electrons. The molecule has 19 heavy (non-hydrogen) atoms. The molecule has 2 rings (SSSR count). The van der Waals surface area contributed by atoms with Gasteiger partial charge in [-0.2, -0.15) is 0 Å². The molecule has 0 saturated carbocycles. The van der Waals surface area contributed by atoms with Crippen molar-refractivity contribution in [3.05, 3.63) is 32.7 Å². The maximum Gasteiger partial charge on any atom is 0.148 e. The Balaban J connectivity index is 2.04. The maximum absolute atomic E-state index is 5.94. The first kappa shape index (κ1) is 14.9. The SMILES string of the molecule is CCCNCCc1nnc(-c2ccc(Cl)cc2Br)s1. The zero-order valence-electron chi connectivity index (χ0n) is 10.6. The van der Waals surface area contributed by atoms with Gasteiger partial charge in [0.05, 0.1) is 0 Å². The molecule has 0 aliphatic heterocycles. The number of nitrogens with one attached hydrogen (secondary N) is 1. The maximum atomic E-state index is 5.94. The summed E-state index contributed by atoms with van der Waals surface area (Å²) in [4.78, 5) is 0. The van der Waals surface area contributed by atoms with Crippen molar-refractivity contribution in [2.24, 2.45) is 0 Å². The molecule has 0 radical (unpaired) electrons. The topological polar surface area (TPSA) is 37.8 Å². The Bertz CT molecular complexity index is 544. The van der Waals surface area contributed by atoms with Crippen molar-refractivity contribution in [1.29, 1.82) is 0 Å². The Hall–Kier alpha value is -0.490. The molecule has 1 aromatic carbocycles. The second-order valence-electron chi connectivity index (χ2n) is 4.13. The highest BCUT2D eigenvalue weighted by atomic mass is 79.9. The van der Waals surface area contributed by atoms with Gasteiger partial charge in [0.15, 0.2) is 0 Å². The molecule has 0 bridgehead atoms.